The molecule has 0 unspecified atom stereocenters. The number of aryl methyl sites for hydroxylation is 1. The zero-order chi connectivity index (χ0) is 13.2. The molecule has 1 aromatic heterocycles. The third-order valence-electron chi connectivity index (χ3n) is 3.10. The first-order chi connectivity index (χ1) is 9.29. The number of nitrogens with zero attached hydrogens (tertiary/aromatic N) is 3. The number of aromatic nitrogens is 2. The van der Waals surface area contributed by atoms with Crippen LogP contribution in [0.2, 0.25) is 0 Å². The number of hydrogen-bond acceptors (Lipinski definition) is 3. The molecular weight excluding hydrogens is 234 g/mol. The maximum absolute atomic E-state index is 9.41. The average molecular weight is 245 g/mol. The summed E-state index contributed by atoms with van der Waals surface area (Å²) in [6.07, 6.45) is 0. The minimum absolute atomic E-state index is 0.578. The van der Waals surface area contributed by atoms with Crippen molar-refractivity contribution in [3.63, 3.8) is 0 Å². The molecule has 19 heavy (non-hydrogen) atoms. The fourth-order valence-electron chi connectivity index (χ4n) is 2.08. The van der Waals surface area contributed by atoms with Gasteiger partial charge in [-0.2, -0.15) is 5.26 Å². The van der Waals surface area contributed by atoms with Crippen molar-refractivity contribution in [2.24, 2.45) is 0 Å². The van der Waals surface area contributed by atoms with Gasteiger partial charge in [-0.3, -0.25) is 0 Å². The first-order valence-electron chi connectivity index (χ1n) is 6.02. The smallest absolute Gasteiger partial charge is 0.111 e. The molecule has 2 aromatic carbocycles. The molecule has 3 nitrogen and oxygen atoms in total. The van der Waals surface area contributed by atoms with E-state index < -0.39 is 0 Å². The van der Waals surface area contributed by atoms with Crippen LogP contribution in [0.5, 0.6) is 0 Å². The molecule has 3 aromatic rings. The lowest BCUT2D eigenvalue weighted by molar-refractivity contribution is 1.08. The molecule has 0 radical (unpaired) electrons. The molecule has 0 fully saturated rings. The van der Waals surface area contributed by atoms with Crippen LogP contribution in [0.25, 0.3) is 22.2 Å². The average Bonchev–Trinajstić information content (AvgIpc) is 2.47. The molecule has 90 valence electrons. The van der Waals surface area contributed by atoms with Crippen LogP contribution < -0.4 is 0 Å². The lowest BCUT2D eigenvalue weighted by atomic mass is 10.0. The monoisotopic (exact) mass is 245 g/mol. The van der Waals surface area contributed by atoms with Crippen LogP contribution in [0.15, 0.2) is 48.5 Å². The van der Waals surface area contributed by atoms with E-state index in [9.17, 15) is 5.26 Å². The van der Waals surface area contributed by atoms with Crippen molar-refractivity contribution in [1.29, 1.82) is 5.26 Å². The van der Waals surface area contributed by atoms with E-state index in [1.807, 2.05) is 55.5 Å². The van der Waals surface area contributed by atoms with Crippen LogP contribution >= 0.6 is 0 Å². The van der Waals surface area contributed by atoms with Gasteiger partial charge in [-0.1, -0.05) is 48.0 Å². The fourth-order valence-corrected chi connectivity index (χ4v) is 2.08. The third kappa shape index (κ3) is 1.94. The van der Waals surface area contributed by atoms with Crippen molar-refractivity contribution in [3.8, 4) is 17.3 Å². The minimum atomic E-state index is 0.578. The largest absolute Gasteiger partial charge is 0.192 e. The van der Waals surface area contributed by atoms with Gasteiger partial charge in [-0.05, 0) is 13.0 Å². The highest BCUT2D eigenvalue weighted by atomic mass is 15.1. The predicted octanol–water partition coefficient (Wildman–Crippen LogP) is 3.48. The van der Waals surface area contributed by atoms with Gasteiger partial charge in [0.05, 0.1) is 11.1 Å². The minimum Gasteiger partial charge on any atom is -0.192 e. The van der Waals surface area contributed by atoms with Gasteiger partial charge in [-0.25, -0.2) is 0 Å². The van der Waals surface area contributed by atoms with Crippen LogP contribution in [0.3, 0.4) is 0 Å². The zero-order valence-electron chi connectivity index (χ0n) is 10.5. The van der Waals surface area contributed by atoms with E-state index in [0.29, 0.717) is 11.3 Å². The Kier molecular flexibility index (Phi) is 2.70. The highest BCUT2D eigenvalue weighted by Crippen LogP contribution is 2.26. The van der Waals surface area contributed by atoms with Crippen molar-refractivity contribution in [2.75, 3.05) is 0 Å². The Morgan fingerprint density at radius 2 is 1.68 bits per heavy atom. The van der Waals surface area contributed by atoms with Crippen molar-refractivity contribution < 1.29 is 0 Å². The first-order valence-corrected chi connectivity index (χ1v) is 6.02. The summed E-state index contributed by atoms with van der Waals surface area (Å²) in [4.78, 5) is 0. The number of benzene rings is 2. The van der Waals surface area contributed by atoms with E-state index in [4.69, 9.17) is 0 Å². The summed E-state index contributed by atoms with van der Waals surface area (Å²) in [6, 6.07) is 17.8. The summed E-state index contributed by atoms with van der Waals surface area (Å²) < 4.78 is 0. The van der Waals surface area contributed by atoms with Gasteiger partial charge in [0, 0.05) is 10.9 Å². The van der Waals surface area contributed by atoms with Gasteiger partial charge in [-0.15, -0.1) is 10.2 Å². The van der Waals surface area contributed by atoms with Gasteiger partial charge < -0.3 is 0 Å². The van der Waals surface area contributed by atoms with Crippen LogP contribution in [-0.2, 0) is 0 Å². The van der Waals surface area contributed by atoms with E-state index in [-0.39, 0.29) is 0 Å². The quantitative estimate of drug-likeness (QED) is 0.659. The zero-order valence-corrected chi connectivity index (χ0v) is 10.5. The Balaban J connectivity index is 2.30. The molecule has 0 bridgehead atoms. The molecule has 0 saturated carbocycles. The lowest BCUT2D eigenvalue weighted by Crippen LogP contribution is -1.95. The SMILES string of the molecule is Cc1ccc(-c2nnc3ccccc3c2C#N)cc1. The molecule has 1 heterocycles. The summed E-state index contributed by atoms with van der Waals surface area (Å²) in [7, 11) is 0. The maximum Gasteiger partial charge on any atom is 0.111 e. The van der Waals surface area contributed by atoms with E-state index in [2.05, 4.69) is 16.3 Å². The Morgan fingerprint density at radius 1 is 0.947 bits per heavy atom. The molecule has 0 N–H and O–H groups in total. The summed E-state index contributed by atoms with van der Waals surface area (Å²) in [5, 5.41) is 18.7. The summed E-state index contributed by atoms with van der Waals surface area (Å²) in [5.74, 6) is 0. The van der Waals surface area contributed by atoms with Crippen molar-refractivity contribution in [3.05, 3.63) is 59.7 Å². The molecule has 0 atom stereocenters. The second kappa shape index (κ2) is 4.51. The van der Waals surface area contributed by atoms with E-state index >= 15 is 0 Å². The van der Waals surface area contributed by atoms with Crippen molar-refractivity contribution >= 4 is 10.9 Å². The lowest BCUT2D eigenvalue weighted by Gasteiger charge is -2.05. The second-order valence-corrected chi connectivity index (χ2v) is 4.42. The molecule has 0 aliphatic carbocycles. The van der Waals surface area contributed by atoms with Gasteiger partial charge in [0.25, 0.3) is 0 Å². The van der Waals surface area contributed by atoms with Gasteiger partial charge >= 0.3 is 0 Å². The molecule has 0 saturated heterocycles. The first kappa shape index (κ1) is 11.4. The van der Waals surface area contributed by atoms with E-state index in [0.717, 1.165) is 16.5 Å². The summed E-state index contributed by atoms with van der Waals surface area (Å²) >= 11 is 0. The third-order valence-corrected chi connectivity index (χ3v) is 3.10. The normalized spacial score (nSPS) is 10.3. The van der Waals surface area contributed by atoms with Crippen LogP contribution in [0, 0.1) is 18.3 Å². The van der Waals surface area contributed by atoms with Gasteiger partial charge in [0.1, 0.15) is 11.8 Å². The Bertz CT molecular complexity index is 783. The predicted molar refractivity (Wildman–Crippen MR) is 74.4 cm³/mol. The molecule has 0 spiro atoms. The van der Waals surface area contributed by atoms with E-state index in [1.54, 1.807) is 0 Å². The van der Waals surface area contributed by atoms with Crippen LogP contribution in [0.1, 0.15) is 11.1 Å². The fraction of sp³-hybridized carbons (Fsp3) is 0.0625. The maximum atomic E-state index is 9.41. The van der Waals surface area contributed by atoms with E-state index in [1.165, 1.54) is 5.56 Å². The molecule has 0 aliphatic heterocycles. The van der Waals surface area contributed by atoms with Gasteiger partial charge in [0.15, 0.2) is 0 Å². The molecular formula is C16H11N3. The number of fused-ring (bicyclic) bond motifs is 1. The number of rotatable bonds is 1. The van der Waals surface area contributed by atoms with Gasteiger partial charge in [0.2, 0.25) is 0 Å². The molecule has 3 rings (SSSR count). The Morgan fingerprint density at radius 3 is 2.42 bits per heavy atom. The van der Waals surface area contributed by atoms with Crippen molar-refractivity contribution in [2.45, 2.75) is 6.92 Å². The Hall–Kier alpha value is -2.73. The topological polar surface area (TPSA) is 49.6 Å². The molecule has 0 aliphatic rings. The standard InChI is InChI=1S/C16H11N3/c1-11-6-8-12(9-7-11)16-14(10-17)13-4-2-3-5-15(13)18-19-16/h2-9H,1H3. The molecule has 0 amide bonds. The second-order valence-electron chi connectivity index (χ2n) is 4.42. The molecule has 3 heteroatoms. The highest BCUT2D eigenvalue weighted by Gasteiger charge is 2.11. The summed E-state index contributed by atoms with van der Waals surface area (Å²) in [5.41, 5.74) is 4.06. The van der Waals surface area contributed by atoms with Crippen LogP contribution in [-0.4, -0.2) is 10.2 Å². The highest BCUT2D eigenvalue weighted by molar-refractivity contribution is 5.89. The number of hydrogen-bond donors (Lipinski definition) is 0. The Labute approximate surface area is 111 Å². The number of nitriles is 1. The summed E-state index contributed by atoms with van der Waals surface area (Å²) in [6.45, 7) is 2.03. The van der Waals surface area contributed by atoms with Crippen molar-refractivity contribution in [1.82, 2.24) is 10.2 Å². The van der Waals surface area contributed by atoms with Crippen LogP contribution in [0.4, 0.5) is 0 Å².